The fraction of sp³-hybridized carbons (Fsp3) is 0.308. The van der Waals surface area contributed by atoms with Crippen molar-refractivity contribution in [1.82, 2.24) is 0 Å². The summed E-state index contributed by atoms with van der Waals surface area (Å²) in [6.45, 7) is 2.19. The molecule has 0 saturated heterocycles. The van der Waals surface area contributed by atoms with E-state index < -0.39 is 0 Å². The second-order valence-corrected chi connectivity index (χ2v) is 3.97. The number of hydrogen-bond acceptors (Lipinski definition) is 1. The molecule has 2 heteroatoms. The highest BCUT2D eigenvalue weighted by Gasteiger charge is 2.31. The fourth-order valence-electron chi connectivity index (χ4n) is 2.25. The molecule has 15 heavy (non-hydrogen) atoms. The molecule has 0 amide bonds. The summed E-state index contributed by atoms with van der Waals surface area (Å²) in [5.41, 5.74) is 1.23. The molecule has 1 aliphatic rings. The maximum atomic E-state index is 5.93. The largest absolute Gasteiger partial charge is 0.427 e. The van der Waals surface area contributed by atoms with Gasteiger partial charge in [0.2, 0.25) is 0 Å². The lowest BCUT2D eigenvalue weighted by atomic mass is 10.2. The third-order valence-corrected chi connectivity index (χ3v) is 2.92. The third kappa shape index (κ3) is 1.21. The van der Waals surface area contributed by atoms with E-state index >= 15 is 0 Å². The predicted molar refractivity (Wildman–Crippen MR) is 58.7 cm³/mol. The molecule has 2 aromatic rings. The minimum Gasteiger partial charge on any atom is -0.427 e. The number of para-hydroxylation sites is 1. The van der Waals surface area contributed by atoms with Crippen LogP contribution in [0.1, 0.15) is 26.0 Å². The van der Waals surface area contributed by atoms with E-state index in [1.165, 1.54) is 10.9 Å². The van der Waals surface area contributed by atoms with Crippen molar-refractivity contribution in [2.45, 2.75) is 26.0 Å². The van der Waals surface area contributed by atoms with E-state index in [0.29, 0.717) is 0 Å². The van der Waals surface area contributed by atoms with E-state index in [-0.39, 0.29) is 6.23 Å². The lowest BCUT2D eigenvalue weighted by Gasteiger charge is -2.03. The number of hydrogen-bond donors (Lipinski definition) is 0. The zero-order valence-electron chi connectivity index (χ0n) is 8.81. The Balaban J connectivity index is 2.22. The number of aromatic nitrogens is 1. The monoisotopic (exact) mass is 200 g/mol. The molecule has 1 atom stereocenters. The molecule has 0 spiro atoms. The van der Waals surface area contributed by atoms with Crippen LogP contribution in [-0.2, 0) is 0 Å². The van der Waals surface area contributed by atoms with Gasteiger partial charge in [-0.15, -0.1) is 0 Å². The van der Waals surface area contributed by atoms with Gasteiger partial charge in [0, 0.05) is 12.5 Å². The predicted octanol–water partition coefficient (Wildman–Crippen LogP) is 2.82. The van der Waals surface area contributed by atoms with Crippen molar-refractivity contribution in [3.63, 3.8) is 0 Å². The van der Waals surface area contributed by atoms with Crippen LogP contribution in [0.5, 0.6) is 5.75 Å². The smallest absolute Gasteiger partial charge is 0.302 e. The second-order valence-electron chi connectivity index (χ2n) is 3.97. The average Bonchev–Trinajstić information content (AvgIpc) is 2.61. The summed E-state index contributed by atoms with van der Waals surface area (Å²) in [6, 6.07) is 10.5. The first kappa shape index (κ1) is 8.72. The van der Waals surface area contributed by atoms with E-state index in [1.807, 2.05) is 0 Å². The van der Waals surface area contributed by atoms with Gasteiger partial charge in [-0.25, -0.2) is 0 Å². The van der Waals surface area contributed by atoms with Crippen LogP contribution >= 0.6 is 0 Å². The molecular weight excluding hydrogens is 186 g/mol. The van der Waals surface area contributed by atoms with Crippen molar-refractivity contribution >= 4 is 10.9 Å². The van der Waals surface area contributed by atoms with Crippen molar-refractivity contribution in [1.29, 1.82) is 0 Å². The van der Waals surface area contributed by atoms with Crippen LogP contribution in [0.4, 0.5) is 0 Å². The Morgan fingerprint density at radius 2 is 2.13 bits per heavy atom. The quantitative estimate of drug-likeness (QED) is 0.679. The minimum absolute atomic E-state index is 0.191. The lowest BCUT2D eigenvalue weighted by Crippen LogP contribution is -2.38. The SMILES string of the molecule is CCCC1Oc2cccc3ccc[n+]1c23. The topological polar surface area (TPSA) is 13.1 Å². The van der Waals surface area contributed by atoms with Crippen molar-refractivity contribution in [3.05, 3.63) is 36.5 Å². The van der Waals surface area contributed by atoms with Crippen molar-refractivity contribution < 1.29 is 9.30 Å². The van der Waals surface area contributed by atoms with E-state index in [0.717, 1.165) is 18.6 Å². The molecule has 1 aromatic heterocycles. The molecule has 1 aliphatic heterocycles. The Morgan fingerprint density at radius 3 is 3.00 bits per heavy atom. The zero-order chi connectivity index (χ0) is 10.3. The molecule has 2 heterocycles. The third-order valence-electron chi connectivity index (χ3n) is 2.92. The number of benzene rings is 1. The van der Waals surface area contributed by atoms with Gasteiger partial charge >= 0.3 is 6.23 Å². The molecule has 0 N–H and O–H groups in total. The second kappa shape index (κ2) is 3.23. The minimum atomic E-state index is 0.191. The molecular formula is C13H14NO+. The summed E-state index contributed by atoms with van der Waals surface area (Å²) in [4.78, 5) is 0. The highest BCUT2D eigenvalue weighted by atomic mass is 16.5. The van der Waals surface area contributed by atoms with E-state index in [2.05, 4.69) is 48.0 Å². The summed E-state index contributed by atoms with van der Waals surface area (Å²) in [7, 11) is 0. The van der Waals surface area contributed by atoms with Crippen LogP contribution in [-0.4, -0.2) is 0 Å². The lowest BCUT2D eigenvalue weighted by molar-refractivity contribution is -0.719. The first-order valence-electron chi connectivity index (χ1n) is 5.49. The van der Waals surface area contributed by atoms with Gasteiger partial charge in [-0.1, -0.05) is 13.0 Å². The van der Waals surface area contributed by atoms with E-state index in [9.17, 15) is 0 Å². The van der Waals surface area contributed by atoms with Gasteiger partial charge in [-0.2, -0.15) is 4.57 Å². The van der Waals surface area contributed by atoms with E-state index in [4.69, 9.17) is 4.74 Å². The molecule has 0 saturated carbocycles. The van der Waals surface area contributed by atoms with Gasteiger partial charge in [0.25, 0.3) is 5.52 Å². The Labute approximate surface area is 89.1 Å². The zero-order valence-corrected chi connectivity index (χ0v) is 8.81. The summed E-state index contributed by atoms with van der Waals surface area (Å²) in [5, 5.41) is 1.26. The fourth-order valence-corrected chi connectivity index (χ4v) is 2.25. The van der Waals surface area contributed by atoms with Crippen molar-refractivity contribution in [3.8, 4) is 5.75 Å². The first-order chi connectivity index (χ1) is 7.40. The molecule has 76 valence electrons. The van der Waals surface area contributed by atoms with Gasteiger partial charge in [0.05, 0.1) is 5.39 Å². The van der Waals surface area contributed by atoms with Gasteiger partial charge in [0.15, 0.2) is 11.9 Å². The van der Waals surface area contributed by atoms with Crippen molar-refractivity contribution in [2.75, 3.05) is 0 Å². The van der Waals surface area contributed by atoms with Gasteiger partial charge < -0.3 is 4.74 Å². The van der Waals surface area contributed by atoms with Crippen LogP contribution in [0.15, 0.2) is 36.5 Å². The Morgan fingerprint density at radius 1 is 1.27 bits per heavy atom. The Hall–Kier alpha value is -1.57. The maximum absolute atomic E-state index is 5.93. The van der Waals surface area contributed by atoms with Crippen LogP contribution in [0, 0.1) is 0 Å². The summed E-state index contributed by atoms with van der Waals surface area (Å²) in [6.07, 6.45) is 4.51. The molecule has 0 radical (unpaired) electrons. The number of pyridine rings is 1. The molecule has 0 bridgehead atoms. The Bertz CT molecular complexity index is 502. The average molecular weight is 200 g/mol. The molecule has 1 aromatic carbocycles. The molecule has 0 fully saturated rings. The summed E-state index contributed by atoms with van der Waals surface area (Å²) >= 11 is 0. The summed E-state index contributed by atoms with van der Waals surface area (Å²) in [5.74, 6) is 1.02. The van der Waals surface area contributed by atoms with Crippen LogP contribution < -0.4 is 9.30 Å². The standard InChI is InChI=1S/C13H14NO/c1-2-5-12-14-9-4-7-10-6-3-8-11(15-12)13(10)14/h3-4,6-9,12H,2,5H2,1H3/q+1. The van der Waals surface area contributed by atoms with Crippen LogP contribution in [0.2, 0.25) is 0 Å². The summed E-state index contributed by atoms with van der Waals surface area (Å²) < 4.78 is 8.17. The van der Waals surface area contributed by atoms with Crippen LogP contribution in [0.25, 0.3) is 10.9 Å². The van der Waals surface area contributed by atoms with Crippen LogP contribution in [0.3, 0.4) is 0 Å². The first-order valence-corrected chi connectivity index (χ1v) is 5.49. The molecule has 0 aliphatic carbocycles. The van der Waals surface area contributed by atoms with E-state index in [1.54, 1.807) is 0 Å². The molecule has 1 unspecified atom stereocenters. The maximum Gasteiger partial charge on any atom is 0.302 e. The highest BCUT2D eigenvalue weighted by Crippen LogP contribution is 2.31. The van der Waals surface area contributed by atoms with Crippen molar-refractivity contribution in [2.24, 2.45) is 0 Å². The number of nitrogens with zero attached hydrogens (tertiary/aromatic N) is 1. The molecule has 2 nitrogen and oxygen atoms in total. The number of ether oxygens (including phenoxy) is 1. The highest BCUT2D eigenvalue weighted by molar-refractivity contribution is 5.81. The van der Waals surface area contributed by atoms with Gasteiger partial charge in [-0.05, 0) is 24.6 Å². The Kier molecular flexibility index (Phi) is 1.88. The normalized spacial score (nSPS) is 18.1. The van der Waals surface area contributed by atoms with Gasteiger partial charge in [-0.3, -0.25) is 0 Å². The molecule has 3 rings (SSSR count). The number of rotatable bonds is 2. The van der Waals surface area contributed by atoms with Gasteiger partial charge in [0.1, 0.15) is 0 Å².